The van der Waals surface area contributed by atoms with Gasteiger partial charge in [-0.15, -0.1) is 0 Å². The van der Waals surface area contributed by atoms with E-state index < -0.39 is 17.4 Å². The van der Waals surface area contributed by atoms with Gasteiger partial charge in [-0.05, 0) is 32.1 Å². The summed E-state index contributed by atoms with van der Waals surface area (Å²) in [5.74, 6) is -1.52. The van der Waals surface area contributed by atoms with Gasteiger partial charge in [0, 0.05) is 46.2 Å². The minimum absolute atomic E-state index is 0.0348. The van der Waals surface area contributed by atoms with Crippen LogP contribution in [0.5, 0.6) is 11.5 Å². The molecular formula is C28H31ClFN5O5. The third-order valence-corrected chi connectivity index (χ3v) is 8.12. The molecule has 3 aliphatic rings. The van der Waals surface area contributed by atoms with Crippen molar-refractivity contribution in [3.05, 3.63) is 47.3 Å². The number of aromatic hydroxyl groups is 1. The number of hydrogen-bond donors (Lipinski definition) is 1. The number of benzene rings is 1. The zero-order valence-electron chi connectivity index (χ0n) is 22.6. The Labute approximate surface area is 236 Å². The van der Waals surface area contributed by atoms with Crippen LogP contribution in [-0.4, -0.2) is 100.0 Å². The second-order valence-electron chi connectivity index (χ2n) is 10.8. The van der Waals surface area contributed by atoms with E-state index in [1.54, 1.807) is 14.7 Å². The summed E-state index contributed by atoms with van der Waals surface area (Å²) in [5, 5.41) is 10.5. The average Bonchev–Trinajstić information content (AvgIpc) is 3.05. The molecule has 3 amide bonds. The number of nitrogens with zero attached hydrogens (tertiary/aromatic N) is 5. The molecule has 1 N–H and O–H groups in total. The fourth-order valence-electron chi connectivity index (χ4n) is 5.70. The molecule has 0 bridgehead atoms. The number of carbonyl (C=O) groups is 3. The molecule has 212 valence electrons. The molecule has 4 heterocycles. The summed E-state index contributed by atoms with van der Waals surface area (Å²) in [6.07, 6.45) is 1.23. The van der Waals surface area contributed by atoms with Gasteiger partial charge < -0.3 is 29.4 Å². The summed E-state index contributed by atoms with van der Waals surface area (Å²) in [5.41, 5.74) is -0.821. The van der Waals surface area contributed by atoms with Crippen LogP contribution in [0.1, 0.15) is 31.1 Å². The number of fused-ring (bicyclic) bond motifs is 2. The monoisotopic (exact) mass is 571 g/mol. The van der Waals surface area contributed by atoms with Crippen molar-refractivity contribution < 1.29 is 28.6 Å². The third kappa shape index (κ3) is 4.61. The number of halogens is 2. The molecule has 1 atom stereocenters. The van der Waals surface area contributed by atoms with Crippen molar-refractivity contribution in [2.24, 2.45) is 0 Å². The molecule has 1 aromatic heterocycles. The highest BCUT2D eigenvalue weighted by Gasteiger charge is 2.44. The Bertz CT molecular complexity index is 1400. The van der Waals surface area contributed by atoms with Crippen molar-refractivity contribution in [3.8, 4) is 22.8 Å². The maximum absolute atomic E-state index is 15.1. The van der Waals surface area contributed by atoms with Crippen LogP contribution in [0.2, 0.25) is 5.02 Å². The van der Waals surface area contributed by atoms with Crippen molar-refractivity contribution in [2.45, 2.75) is 32.4 Å². The highest BCUT2D eigenvalue weighted by Crippen LogP contribution is 2.47. The predicted molar refractivity (Wildman–Crippen MR) is 147 cm³/mol. The van der Waals surface area contributed by atoms with Gasteiger partial charge in [0.2, 0.25) is 11.8 Å². The second kappa shape index (κ2) is 10.3. The lowest BCUT2D eigenvalue weighted by molar-refractivity contribution is -0.130. The Morgan fingerprint density at radius 1 is 1.20 bits per heavy atom. The van der Waals surface area contributed by atoms with Crippen LogP contribution in [-0.2, 0) is 9.59 Å². The van der Waals surface area contributed by atoms with Crippen molar-refractivity contribution in [3.63, 3.8) is 0 Å². The van der Waals surface area contributed by atoms with Gasteiger partial charge in [0.25, 0.3) is 5.91 Å². The van der Waals surface area contributed by atoms with E-state index in [-0.39, 0.29) is 76.6 Å². The first-order valence-corrected chi connectivity index (χ1v) is 13.4. The standard InChI is InChI=1S/C28H31ClFN5O5/c1-5-20(38)32-9-11-34-17(13-32)14-40-25-22(27(34)39)26(35-12-10-33(16(2)36)15-28(35,3)4)31-24(23(25)29)21-18(30)7-6-8-19(21)37/h5-8,17,37H,1,9-15H2,2-4H3/t17-/m1/s1. The maximum atomic E-state index is 15.1. The molecule has 0 radical (unpaired) electrons. The van der Waals surface area contributed by atoms with Gasteiger partial charge in [-0.25, -0.2) is 9.37 Å². The summed E-state index contributed by atoms with van der Waals surface area (Å²) in [6.45, 7) is 10.9. The number of phenols is 1. The summed E-state index contributed by atoms with van der Waals surface area (Å²) in [4.78, 5) is 50.3. The van der Waals surface area contributed by atoms with Crippen molar-refractivity contribution >= 4 is 35.1 Å². The highest BCUT2D eigenvalue weighted by molar-refractivity contribution is 6.35. The fourth-order valence-corrected chi connectivity index (χ4v) is 5.99. The van der Waals surface area contributed by atoms with E-state index in [2.05, 4.69) is 6.58 Å². The predicted octanol–water partition coefficient (Wildman–Crippen LogP) is 2.93. The number of anilines is 1. The minimum Gasteiger partial charge on any atom is -0.507 e. The normalized spacial score (nSPS) is 20.3. The first-order valence-electron chi connectivity index (χ1n) is 13.0. The Hall–Kier alpha value is -3.86. The zero-order valence-corrected chi connectivity index (χ0v) is 23.4. The first kappa shape index (κ1) is 27.7. The van der Waals surface area contributed by atoms with Gasteiger partial charge in [-0.2, -0.15) is 0 Å². The number of pyridine rings is 1. The molecular weight excluding hydrogens is 541 g/mol. The van der Waals surface area contributed by atoms with E-state index in [0.717, 1.165) is 0 Å². The lowest BCUT2D eigenvalue weighted by Gasteiger charge is -2.48. The Balaban J connectivity index is 1.68. The molecule has 3 aliphatic heterocycles. The van der Waals surface area contributed by atoms with Gasteiger partial charge in [0.15, 0.2) is 5.75 Å². The first-order chi connectivity index (χ1) is 18.9. The van der Waals surface area contributed by atoms with E-state index in [0.29, 0.717) is 26.2 Å². The number of piperazine rings is 2. The average molecular weight is 572 g/mol. The van der Waals surface area contributed by atoms with Crippen LogP contribution >= 0.6 is 11.6 Å². The SMILES string of the molecule is C=CC(=O)N1CCN2C(=O)c3c(N4CCN(C(C)=O)CC4(C)C)nc(-c4c(O)cccc4F)c(Cl)c3OC[C@H]2C1. The van der Waals surface area contributed by atoms with Crippen LogP contribution in [0, 0.1) is 5.82 Å². The largest absolute Gasteiger partial charge is 0.507 e. The number of carbonyl (C=O) groups excluding carboxylic acids is 3. The van der Waals surface area contributed by atoms with Gasteiger partial charge in [-0.1, -0.05) is 24.2 Å². The molecule has 0 saturated carbocycles. The van der Waals surface area contributed by atoms with Gasteiger partial charge >= 0.3 is 0 Å². The quantitative estimate of drug-likeness (QED) is 0.565. The fraction of sp³-hybridized carbons (Fsp3) is 0.429. The lowest BCUT2D eigenvalue weighted by atomic mass is 9.96. The van der Waals surface area contributed by atoms with Crippen LogP contribution in [0.4, 0.5) is 10.2 Å². The Kier molecular flexibility index (Phi) is 7.11. The summed E-state index contributed by atoms with van der Waals surface area (Å²) in [6, 6.07) is 3.42. The molecule has 2 aromatic rings. The summed E-state index contributed by atoms with van der Waals surface area (Å²) >= 11 is 6.80. The number of ether oxygens (including phenoxy) is 1. The second-order valence-corrected chi connectivity index (χ2v) is 11.2. The van der Waals surface area contributed by atoms with Crippen LogP contribution in [0.25, 0.3) is 11.3 Å². The number of phenolic OH excluding ortho intramolecular Hbond substituents is 1. The smallest absolute Gasteiger partial charge is 0.261 e. The van der Waals surface area contributed by atoms with Crippen LogP contribution in [0.15, 0.2) is 30.9 Å². The van der Waals surface area contributed by atoms with Gasteiger partial charge in [0.1, 0.15) is 40.3 Å². The molecule has 1 aromatic carbocycles. The molecule has 2 fully saturated rings. The maximum Gasteiger partial charge on any atom is 0.261 e. The van der Waals surface area contributed by atoms with Crippen molar-refractivity contribution in [2.75, 3.05) is 50.8 Å². The van der Waals surface area contributed by atoms with E-state index in [1.807, 2.05) is 18.7 Å². The molecule has 10 nitrogen and oxygen atoms in total. The number of amides is 3. The summed E-state index contributed by atoms with van der Waals surface area (Å²) < 4.78 is 21.3. The minimum atomic E-state index is -0.739. The summed E-state index contributed by atoms with van der Waals surface area (Å²) in [7, 11) is 0. The highest BCUT2D eigenvalue weighted by atomic mass is 35.5. The molecule has 5 rings (SSSR count). The number of hydrogen-bond acceptors (Lipinski definition) is 7. The Morgan fingerprint density at radius 2 is 1.93 bits per heavy atom. The van der Waals surface area contributed by atoms with Crippen molar-refractivity contribution in [1.82, 2.24) is 19.7 Å². The molecule has 12 heteroatoms. The van der Waals surface area contributed by atoms with Gasteiger partial charge in [0.05, 0.1) is 17.1 Å². The van der Waals surface area contributed by atoms with E-state index in [1.165, 1.54) is 31.2 Å². The van der Waals surface area contributed by atoms with E-state index in [9.17, 15) is 19.5 Å². The van der Waals surface area contributed by atoms with Crippen LogP contribution < -0.4 is 9.64 Å². The van der Waals surface area contributed by atoms with E-state index >= 15 is 4.39 Å². The molecule has 0 spiro atoms. The molecule has 0 unspecified atom stereocenters. The third-order valence-electron chi connectivity index (χ3n) is 7.77. The lowest BCUT2D eigenvalue weighted by Crippen LogP contribution is -2.61. The molecule has 2 saturated heterocycles. The zero-order chi connectivity index (χ0) is 28.9. The Morgan fingerprint density at radius 3 is 2.58 bits per heavy atom. The van der Waals surface area contributed by atoms with Crippen molar-refractivity contribution in [1.29, 1.82) is 0 Å². The van der Waals surface area contributed by atoms with Gasteiger partial charge in [-0.3, -0.25) is 14.4 Å². The van der Waals surface area contributed by atoms with E-state index in [4.69, 9.17) is 21.3 Å². The number of rotatable bonds is 3. The molecule has 0 aliphatic carbocycles. The number of aromatic nitrogens is 1. The topological polar surface area (TPSA) is 107 Å². The molecule has 40 heavy (non-hydrogen) atoms. The van der Waals surface area contributed by atoms with Crippen LogP contribution in [0.3, 0.4) is 0 Å².